The van der Waals surface area contributed by atoms with Crippen LogP contribution in [0.5, 0.6) is 0 Å². The molecule has 1 atom stereocenters. The van der Waals surface area contributed by atoms with Crippen molar-refractivity contribution < 1.29 is 24.2 Å². The molecule has 0 radical (unpaired) electrons. The van der Waals surface area contributed by atoms with Gasteiger partial charge in [0.1, 0.15) is 6.10 Å². The number of carboxylic acid groups (broad SMARTS) is 1. The van der Waals surface area contributed by atoms with Gasteiger partial charge in [0, 0.05) is 24.4 Å². The molecule has 1 amide bonds. The fraction of sp³-hybridized carbons (Fsp3) is 0.625. The zero-order valence-corrected chi connectivity index (χ0v) is 14.8. The van der Waals surface area contributed by atoms with E-state index < -0.39 is 18.4 Å². The Morgan fingerprint density at radius 3 is 2.43 bits per heavy atom. The number of ether oxygens (including phenoxy) is 2. The first-order valence-electron chi connectivity index (χ1n) is 7.68. The van der Waals surface area contributed by atoms with Crippen LogP contribution in [0.4, 0.5) is 9.59 Å². The maximum atomic E-state index is 11.7. The number of hydrogen-bond acceptors (Lipinski definition) is 5. The van der Waals surface area contributed by atoms with Crippen LogP contribution in [0.2, 0.25) is 0 Å². The molecule has 7 heteroatoms. The molecule has 0 saturated heterocycles. The minimum absolute atomic E-state index is 0.234. The summed E-state index contributed by atoms with van der Waals surface area (Å²) in [6.07, 6.45) is -2.07. The second-order valence-corrected chi connectivity index (χ2v) is 6.93. The van der Waals surface area contributed by atoms with E-state index in [1.165, 1.54) is 16.2 Å². The minimum atomic E-state index is -0.964. The van der Waals surface area contributed by atoms with Crippen LogP contribution in [0.1, 0.15) is 45.1 Å². The average Bonchev–Trinajstić information content (AvgIpc) is 2.94. The van der Waals surface area contributed by atoms with E-state index in [2.05, 4.69) is 0 Å². The van der Waals surface area contributed by atoms with Crippen LogP contribution >= 0.6 is 11.3 Å². The molecule has 0 aromatic carbocycles. The smallest absolute Gasteiger partial charge is 0.465 e. The highest BCUT2D eigenvalue weighted by molar-refractivity contribution is 7.10. The molecule has 1 heterocycles. The van der Waals surface area contributed by atoms with E-state index >= 15 is 0 Å². The zero-order chi connectivity index (χ0) is 17.4. The highest BCUT2D eigenvalue weighted by Crippen LogP contribution is 2.27. The topological polar surface area (TPSA) is 76.1 Å². The van der Waals surface area contributed by atoms with Gasteiger partial charge in [-0.1, -0.05) is 19.9 Å². The molecule has 0 spiro atoms. The van der Waals surface area contributed by atoms with Crippen molar-refractivity contribution in [3.63, 3.8) is 0 Å². The average molecular weight is 343 g/mol. The van der Waals surface area contributed by atoms with Gasteiger partial charge in [-0.05, 0) is 31.2 Å². The lowest BCUT2D eigenvalue weighted by molar-refractivity contribution is 0.00260. The Kier molecular flexibility index (Phi) is 7.88. The molecule has 23 heavy (non-hydrogen) atoms. The molecule has 1 aromatic rings. The summed E-state index contributed by atoms with van der Waals surface area (Å²) in [4.78, 5) is 25.3. The van der Waals surface area contributed by atoms with Gasteiger partial charge in [-0.2, -0.15) is 0 Å². The lowest BCUT2D eigenvalue weighted by atomic mass is 10.1. The van der Waals surface area contributed by atoms with Crippen molar-refractivity contribution in [3.8, 4) is 0 Å². The Bertz CT molecular complexity index is 487. The van der Waals surface area contributed by atoms with Gasteiger partial charge >= 0.3 is 12.2 Å². The maximum absolute atomic E-state index is 11.7. The Morgan fingerprint density at radius 1 is 1.26 bits per heavy atom. The van der Waals surface area contributed by atoms with Crippen molar-refractivity contribution in [2.45, 2.75) is 46.3 Å². The lowest BCUT2D eigenvalue weighted by Gasteiger charge is -2.24. The summed E-state index contributed by atoms with van der Waals surface area (Å²) in [5.74, 6) is 0.234. The van der Waals surface area contributed by atoms with Gasteiger partial charge in [0.2, 0.25) is 0 Å². The number of thiophene rings is 1. The van der Waals surface area contributed by atoms with Crippen LogP contribution in [0.15, 0.2) is 17.5 Å². The monoisotopic (exact) mass is 343 g/mol. The van der Waals surface area contributed by atoms with E-state index in [4.69, 9.17) is 9.47 Å². The summed E-state index contributed by atoms with van der Waals surface area (Å²) in [5.41, 5.74) is 0. The fourth-order valence-corrected chi connectivity index (χ4v) is 2.84. The molecular weight excluding hydrogens is 318 g/mol. The van der Waals surface area contributed by atoms with E-state index in [0.29, 0.717) is 19.5 Å². The summed E-state index contributed by atoms with van der Waals surface area (Å²) >= 11 is 1.47. The van der Waals surface area contributed by atoms with Crippen LogP contribution < -0.4 is 0 Å². The highest BCUT2D eigenvalue weighted by Gasteiger charge is 2.22. The Balaban J connectivity index is 2.69. The quantitative estimate of drug-likeness (QED) is 0.709. The highest BCUT2D eigenvalue weighted by atomic mass is 32.1. The van der Waals surface area contributed by atoms with Crippen LogP contribution in [0, 0.1) is 5.92 Å². The minimum Gasteiger partial charge on any atom is -0.465 e. The van der Waals surface area contributed by atoms with Crippen LogP contribution in [-0.2, 0) is 9.47 Å². The van der Waals surface area contributed by atoms with Gasteiger partial charge < -0.3 is 19.5 Å². The molecule has 0 aliphatic heterocycles. The van der Waals surface area contributed by atoms with Gasteiger partial charge in [-0.25, -0.2) is 9.59 Å². The van der Waals surface area contributed by atoms with Gasteiger partial charge in [0.05, 0.1) is 6.10 Å². The van der Waals surface area contributed by atoms with Crippen molar-refractivity contribution in [2.75, 3.05) is 13.1 Å². The molecule has 0 fully saturated rings. The first-order chi connectivity index (χ1) is 10.8. The Labute approximate surface area is 141 Å². The predicted molar refractivity (Wildman–Crippen MR) is 88.8 cm³/mol. The first-order valence-corrected chi connectivity index (χ1v) is 8.56. The Hall–Kier alpha value is -1.76. The third-order valence-electron chi connectivity index (χ3n) is 2.95. The number of nitrogens with zero attached hydrogens (tertiary/aromatic N) is 1. The molecule has 0 aliphatic carbocycles. The maximum Gasteiger partial charge on any atom is 0.509 e. The van der Waals surface area contributed by atoms with Crippen molar-refractivity contribution >= 4 is 23.6 Å². The summed E-state index contributed by atoms with van der Waals surface area (Å²) < 4.78 is 10.4. The number of hydrogen-bond donors (Lipinski definition) is 1. The normalized spacial score (nSPS) is 12.3. The van der Waals surface area contributed by atoms with Crippen molar-refractivity contribution in [1.82, 2.24) is 4.90 Å². The van der Waals surface area contributed by atoms with Crippen LogP contribution in [-0.4, -0.2) is 41.4 Å². The molecule has 0 bridgehead atoms. The van der Waals surface area contributed by atoms with E-state index in [9.17, 15) is 14.7 Å². The van der Waals surface area contributed by atoms with Gasteiger partial charge in [0.15, 0.2) is 0 Å². The molecular formula is C16H25NO5S. The molecule has 6 nitrogen and oxygen atoms in total. The van der Waals surface area contributed by atoms with E-state index in [0.717, 1.165) is 4.88 Å². The number of rotatable bonds is 8. The SMILES string of the molecule is CC(C)CN(CC[C@H](OC(=O)OC(C)C)c1cccs1)C(=O)O. The van der Waals surface area contributed by atoms with Gasteiger partial charge in [-0.15, -0.1) is 11.3 Å². The van der Waals surface area contributed by atoms with Crippen LogP contribution in [0.25, 0.3) is 0 Å². The summed E-state index contributed by atoms with van der Waals surface area (Å²) in [7, 11) is 0. The lowest BCUT2D eigenvalue weighted by Crippen LogP contribution is -2.34. The van der Waals surface area contributed by atoms with Gasteiger partial charge in [-0.3, -0.25) is 0 Å². The zero-order valence-electron chi connectivity index (χ0n) is 14.0. The van der Waals surface area contributed by atoms with Crippen LogP contribution in [0.3, 0.4) is 0 Å². The van der Waals surface area contributed by atoms with Crippen molar-refractivity contribution in [1.29, 1.82) is 0 Å². The fourth-order valence-electron chi connectivity index (χ4n) is 2.05. The molecule has 130 valence electrons. The summed E-state index contributed by atoms with van der Waals surface area (Å²) in [5, 5.41) is 11.2. The number of carbonyl (C=O) groups is 2. The van der Waals surface area contributed by atoms with Crippen molar-refractivity contribution in [3.05, 3.63) is 22.4 Å². The molecule has 1 N–H and O–H groups in total. The Morgan fingerprint density at radius 2 is 1.96 bits per heavy atom. The molecule has 0 aliphatic rings. The molecule has 1 aromatic heterocycles. The van der Waals surface area contributed by atoms with E-state index in [1.807, 2.05) is 31.4 Å². The third kappa shape index (κ3) is 7.36. The van der Waals surface area contributed by atoms with E-state index in [-0.39, 0.29) is 12.0 Å². The summed E-state index contributed by atoms with van der Waals surface area (Å²) in [6.45, 7) is 8.16. The number of amides is 1. The van der Waals surface area contributed by atoms with Crippen molar-refractivity contribution in [2.24, 2.45) is 5.92 Å². The number of carbonyl (C=O) groups excluding carboxylic acids is 1. The molecule has 0 unspecified atom stereocenters. The second-order valence-electron chi connectivity index (χ2n) is 5.95. The first kappa shape index (κ1) is 19.3. The predicted octanol–water partition coefficient (Wildman–Crippen LogP) is 4.38. The molecule has 0 saturated carbocycles. The van der Waals surface area contributed by atoms with Gasteiger partial charge in [0.25, 0.3) is 0 Å². The largest absolute Gasteiger partial charge is 0.509 e. The second kappa shape index (κ2) is 9.39. The standard InChI is InChI=1S/C16H25NO5S/c1-11(2)10-17(15(18)19)8-7-13(14-6-5-9-23-14)22-16(20)21-12(3)4/h5-6,9,11-13H,7-8,10H2,1-4H3,(H,18,19)/t13-/m0/s1. The summed E-state index contributed by atoms with van der Waals surface area (Å²) in [6, 6.07) is 3.73. The van der Waals surface area contributed by atoms with E-state index in [1.54, 1.807) is 13.8 Å². The molecule has 1 rings (SSSR count). The third-order valence-corrected chi connectivity index (χ3v) is 3.91.